The predicted octanol–water partition coefficient (Wildman–Crippen LogP) is 2.64. The molecule has 0 spiro atoms. The van der Waals surface area contributed by atoms with Gasteiger partial charge in [0, 0.05) is 90.1 Å². The molecular formula is C60H96FN28O9P. The maximum absolute atomic E-state index is 9.96. The third-order valence-corrected chi connectivity index (χ3v) is 18.2. The number of nitrogen functional groups attached to an aromatic ring is 2. The van der Waals surface area contributed by atoms with Crippen LogP contribution in [0.2, 0.25) is 0 Å². The summed E-state index contributed by atoms with van der Waals surface area (Å²) in [5.41, 5.74) is 22.3. The molecule has 39 heteroatoms. The molecule has 0 amide bonds. The molecule has 0 aliphatic carbocycles. The number of hydrogen-bond acceptors (Lipinski definition) is 31. The molecule has 0 bridgehead atoms. The van der Waals surface area contributed by atoms with Crippen LogP contribution in [0.25, 0.3) is 44.7 Å². The number of aromatic nitrogens is 16. The number of likely N-dealkylation sites (N-methyl/N-ethyl adjacent to an activating group) is 3. The van der Waals surface area contributed by atoms with Crippen LogP contribution in [-0.4, -0.2) is 271 Å². The van der Waals surface area contributed by atoms with E-state index in [0.29, 0.717) is 94.0 Å². The lowest BCUT2D eigenvalue weighted by molar-refractivity contribution is -0.0250. The average Bonchev–Trinajstić information content (AvgIpc) is 1.65. The molecule has 8 aromatic heterocycles. The Balaban J connectivity index is 0.000000191. The summed E-state index contributed by atoms with van der Waals surface area (Å²) in [5.74, 6) is 1.72. The number of aliphatic hydroxyl groups is 3. The standard InChI is InChI=1S/C23H38N9O3P.C14H21N7O2.C11H16N6O2.C10H14N6O2.CH3F.CH4/c1-16(2)32(17(3)4)36(33-10-8-9-24)34-12-19-18(25-5)11-20(35-19)31-15-28-21-22(29-14-30(6)7)26-13-27-23(21)31;1-15-9-4-11(23-10(9)5-22)21-8-18-12-13(19-7-20(2)3)16-6-17-14(12)21;1-13-6-2-8(19-7(6)3-18)17-5-16-9-10(12)14-4-15-11(9)17;11-5-1-7(18-6(5)2-17)16-4-15-8-9(12)13-3-14-10(8)16;1-2;/h13-20,25H,8,10-12H2,1-7H3;6-11,15,22H,4-5H2,1-3H3;4-8,13,18H,2-3H2,1H3,(H2,12,14,15);3-7,17H,1-2,11H2,(H2,12,13,14);1H3;1H4/t18-,19+,20+,36?;9-,10+,11+;6-,7+,8+;5-,6+,7+;;/m0000../s1/i;;;;1D;. The highest BCUT2D eigenvalue weighted by atomic mass is 31.2. The Bertz CT molecular complexity index is 3870. The molecule has 4 aliphatic rings. The number of anilines is 2. The van der Waals surface area contributed by atoms with E-state index in [1.807, 2.05) is 72.8 Å². The maximum atomic E-state index is 9.96. The van der Waals surface area contributed by atoms with E-state index in [9.17, 15) is 14.6 Å². The van der Waals surface area contributed by atoms with Crippen LogP contribution in [0.15, 0.2) is 60.6 Å². The Kier molecular flexibility index (Phi) is 29.0. The number of aliphatic imine (C=N–C) groups is 2. The van der Waals surface area contributed by atoms with E-state index in [1.54, 1.807) is 42.6 Å². The summed E-state index contributed by atoms with van der Waals surface area (Å²) in [5, 5.41) is 46.5. The number of ether oxygens (including phenoxy) is 4. The van der Waals surface area contributed by atoms with E-state index in [4.69, 9.17) is 56.9 Å². The number of fused-ring (bicyclic) bond motifs is 4. The largest absolute Gasteiger partial charge is 0.394 e. The van der Waals surface area contributed by atoms with Crippen molar-refractivity contribution >= 4 is 89.1 Å². The van der Waals surface area contributed by atoms with Gasteiger partial charge in [0.25, 0.3) is 8.53 Å². The smallest absolute Gasteiger partial charge is 0.259 e. The van der Waals surface area contributed by atoms with E-state index >= 15 is 0 Å². The summed E-state index contributed by atoms with van der Waals surface area (Å²) in [7, 11) is 10.9. The average molecular weight is 1400 g/mol. The molecule has 542 valence electrons. The highest BCUT2D eigenvalue weighted by Crippen LogP contribution is 2.47. The van der Waals surface area contributed by atoms with Gasteiger partial charge in [-0.2, -0.15) is 5.26 Å². The Morgan fingerprint density at radius 1 is 0.606 bits per heavy atom. The van der Waals surface area contributed by atoms with Crippen LogP contribution in [0.5, 0.6) is 0 Å². The fraction of sp³-hybridized carbons (Fsp3) is 0.617. The van der Waals surface area contributed by atoms with Gasteiger partial charge < -0.3 is 86.3 Å². The molecule has 4 fully saturated rings. The highest BCUT2D eigenvalue weighted by molar-refractivity contribution is 7.44. The van der Waals surface area contributed by atoms with Gasteiger partial charge in [-0.15, -0.1) is 0 Å². The zero-order valence-electron chi connectivity index (χ0n) is 57.8. The number of halogens is 1. The first kappa shape index (κ1) is 76.8. The summed E-state index contributed by atoms with van der Waals surface area (Å²) < 4.78 is 61.3. The lowest BCUT2D eigenvalue weighted by Gasteiger charge is -2.36. The first-order chi connectivity index (χ1) is 47.8. The summed E-state index contributed by atoms with van der Waals surface area (Å²) in [6.07, 6.45) is 16.9. The third kappa shape index (κ3) is 18.9. The normalized spacial score (nSPS) is 24.0. The number of rotatable bonds is 23. The second kappa shape index (κ2) is 37.5. The number of nitrogens with one attached hydrogen (secondary N) is 3. The molecular weight excluding hydrogens is 1310 g/mol. The van der Waals surface area contributed by atoms with Gasteiger partial charge in [-0.25, -0.2) is 74.5 Å². The van der Waals surface area contributed by atoms with Gasteiger partial charge >= 0.3 is 0 Å². The SMILES string of the molecule is C.CN[C@H]1C[C@H](n2cnc3c(N)ncnc32)O[C@@H]1CO.CN[C@H]1C[C@H](n2cnc3c(N=CN(C)C)ncnc32)O[C@@H]1CO.CN[C@H]1C[C@H](n2cnc3c(N=CN(C)C)ncnc32)O[C@@H]1COP(OCCC#N)N(C(C)C)C(C)C.Nc1ncnc2c1ncn2[C@H]1C[C@H](N)[C@@H](CO)O1.[2H]CF. The molecule has 12 heterocycles. The van der Waals surface area contributed by atoms with Crippen molar-refractivity contribution in [3.8, 4) is 6.07 Å². The van der Waals surface area contributed by atoms with Gasteiger partial charge in [0.15, 0.2) is 56.9 Å². The Labute approximate surface area is 576 Å². The lowest BCUT2D eigenvalue weighted by Crippen LogP contribution is -2.38. The van der Waals surface area contributed by atoms with Crippen molar-refractivity contribution in [3.63, 3.8) is 0 Å². The molecule has 0 radical (unpaired) electrons. The van der Waals surface area contributed by atoms with Crippen molar-refractivity contribution in [3.05, 3.63) is 50.6 Å². The molecule has 37 nitrogen and oxygen atoms in total. The van der Waals surface area contributed by atoms with Gasteiger partial charge in [-0.1, -0.05) is 7.43 Å². The number of nitrogens with two attached hydrogens (primary N) is 3. The zero-order chi connectivity index (χ0) is 71.4. The second-order valence-electron chi connectivity index (χ2n) is 23.8. The van der Waals surface area contributed by atoms with Crippen LogP contribution in [0.3, 0.4) is 0 Å². The first-order valence-corrected chi connectivity index (χ1v) is 32.8. The maximum Gasteiger partial charge on any atom is 0.259 e. The van der Waals surface area contributed by atoms with Crippen molar-refractivity contribution in [1.82, 2.24) is 108 Å². The Morgan fingerprint density at radius 2 is 0.960 bits per heavy atom. The molecule has 8 aromatic rings. The van der Waals surface area contributed by atoms with Crippen LogP contribution in [-0.2, 0) is 28.0 Å². The van der Waals surface area contributed by atoms with Crippen molar-refractivity contribution in [2.75, 3.05) is 101 Å². The van der Waals surface area contributed by atoms with Crippen molar-refractivity contribution in [1.29, 1.82) is 5.26 Å². The van der Waals surface area contributed by atoms with Crippen LogP contribution in [0.4, 0.5) is 27.7 Å². The minimum Gasteiger partial charge on any atom is -0.394 e. The quantitative estimate of drug-likeness (QED) is 0.0192. The molecule has 4 aliphatic heterocycles. The van der Waals surface area contributed by atoms with Gasteiger partial charge in [-0.3, -0.25) is 22.7 Å². The fourth-order valence-corrected chi connectivity index (χ4v) is 13.1. The van der Waals surface area contributed by atoms with E-state index in [2.05, 4.69) is 124 Å². The molecule has 0 aromatic carbocycles. The first-order valence-electron chi connectivity index (χ1n) is 32.4. The fourth-order valence-electron chi connectivity index (χ4n) is 11.5. The molecule has 12 rings (SSSR count). The van der Waals surface area contributed by atoms with Crippen molar-refractivity contribution < 1.29 is 49.1 Å². The van der Waals surface area contributed by atoms with Crippen LogP contribution >= 0.6 is 8.53 Å². The van der Waals surface area contributed by atoms with E-state index < -0.39 is 15.7 Å². The summed E-state index contributed by atoms with van der Waals surface area (Å²) >= 11 is 0. The van der Waals surface area contributed by atoms with Gasteiger partial charge in [0.2, 0.25) is 0 Å². The van der Waals surface area contributed by atoms with Gasteiger partial charge in [-0.05, 0) is 48.8 Å². The lowest BCUT2D eigenvalue weighted by atomic mass is 10.1. The minimum atomic E-state index is -1.34. The van der Waals surface area contributed by atoms with Crippen molar-refractivity contribution in [2.45, 2.75) is 153 Å². The van der Waals surface area contributed by atoms with Crippen molar-refractivity contribution in [2.24, 2.45) is 15.7 Å². The number of hydrogen-bond donors (Lipinski definition) is 9. The molecule has 0 saturated carbocycles. The molecule has 1 unspecified atom stereocenters. The number of nitrogens with zero attached hydrogens (tertiary/aromatic N) is 22. The number of aliphatic hydroxyl groups excluding tert-OH is 3. The van der Waals surface area contributed by atoms with E-state index in [0.717, 1.165) is 19.3 Å². The summed E-state index contributed by atoms with van der Waals surface area (Å²) in [6.45, 7) is 9.02. The van der Waals surface area contributed by atoms with Gasteiger partial charge in [0.1, 0.15) is 61.3 Å². The Morgan fingerprint density at radius 3 is 1.31 bits per heavy atom. The minimum absolute atomic E-state index is 0. The molecule has 99 heavy (non-hydrogen) atoms. The molecule has 12 N–H and O–H groups in total. The highest BCUT2D eigenvalue weighted by Gasteiger charge is 2.40. The predicted molar refractivity (Wildman–Crippen MR) is 371 cm³/mol. The monoisotopic (exact) mass is 1400 g/mol. The Hall–Kier alpha value is -7.97. The third-order valence-electron chi connectivity index (χ3n) is 16.2. The van der Waals surface area contributed by atoms with Crippen LogP contribution in [0, 0.1) is 11.3 Å². The second-order valence-corrected chi connectivity index (χ2v) is 25.3. The summed E-state index contributed by atoms with van der Waals surface area (Å²) in [4.78, 5) is 63.0. The number of imidazole rings is 4. The summed E-state index contributed by atoms with van der Waals surface area (Å²) in [6, 6.07) is 2.67. The topological polar surface area (TPSA) is 463 Å². The number of alkyl halides is 1. The molecule has 13 atom stereocenters. The van der Waals surface area contributed by atoms with Gasteiger partial charge in [0.05, 0.1) is 116 Å². The zero-order valence-corrected chi connectivity index (χ0v) is 57.7. The van der Waals surface area contributed by atoms with E-state index in [1.165, 1.54) is 25.3 Å². The number of nitriles is 1. The van der Waals surface area contributed by atoms with E-state index in [-0.39, 0.29) is 113 Å². The van der Waals surface area contributed by atoms with Crippen LogP contribution in [0.1, 0.15) is 93.5 Å². The van der Waals surface area contributed by atoms with Crippen LogP contribution < -0.4 is 33.2 Å². The molecule has 4 saturated heterocycles.